The fraction of sp³-hybridized carbons (Fsp3) is 0.0435. The fourth-order valence-electron chi connectivity index (χ4n) is 3.20. The summed E-state index contributed by atoms with van der Waals surface area (Å²) >= 11 is 2.16. The molecule has 0 aliphatic carbocycles. The van der Waals surface area contributed by atoms with Crippen LogP contribution in [0.4, 0.5) is 5.69 Å². The Morgan fingerprint density at radius 2 is 1.87 bits per heavy atom. The molecule has 0 atom stereocenters. The van der Waals surface area contributed by atoms with Crippen LogP contribution in [0.1, 0.15) is 11.4 Å². The van der Waals surface area contributed by atoms with Crippen LogP contribution in [0.2, 0.25) is 0 Å². The van der Waals surface area contributed by atoms with Gasteiger partial charge in [0.05, 0.1) is 28.6 Å². The van der Waals surface area contributed by atoms with Gasteiger partial charge in [0.15, 0.2) is 0 Å². The molecule has 0 amide bonds. The van der Waals surface area contributed by atoms with Crippen molar-refractivity contribution in [3.63, 3.8) is 0 Å². The highest BCUT2D eigenvalue weighted by atomic mass is 127. The lowest BCUT2D eigenvalue weighted by atomic mass is 10.2. The van der Waals surface area contributed by atoms with E-state index in [9.17, 15) is 14.9 Å². The minimum Gasteiger partial charge on any atom is -0.497 e. The zero-order valence-electron chi connectivity index (χ0n) is 16.4. The van der Waals surface area contributed by atoms with Gasteiger partial charge in [-0.25, -0.2) is 4.98 Å². The number of nitro groups is 1. The van der Waals surface area contributed by atoms with E-state index in [-0.39, 0.29) is 11.2 Å². The Morgan fingerprint density at radius 1 is 1.06 bits per heavy atom. The zero-order chi connectivity index (χ0) is 22.0. The van der Waals surface area contributed by atoms with Crippen LogP contribution in [0, 0.1) is 13.7 Å². The molecule has 1 heterocycles. The summed E-state index contributed by atoms with van der Waals surface area (Å²) in [6, 6.07) is 18.9. The SMILES string of the molecule is COc1cccc(-n2c(/C=C/c3cccc([N+](=O)[O-])c3)nc3ccc(I)cc3c2=O)c1. The number of hydrogen-bond donors (Lipinski definition) is 0. The first-order valence-corrected chi connectivity index (χ1v) is 10.3. The molecule has 0 spiro atoms. The van der Waals surface area contributed by atoms with E-state index in [1.165, 1.54) is 16.7 Å². The topological polar surface area (TPSA) is 87.3 Å². The second-order valence-corrected chi connectivity index (χ2v) is 7.90. The van der Waals surface area contributed by atoms with Crippen molar-refractivity contribution < 1.29 is 9.66 Å². The number of non-ortho nitro benzene ring substituents is 1. The molecule has 4 rings (SSSR count). The molecule has 154 valence electrons. The highest BCUT2D eigenvalue weighted by molar-refractivity contribution is 14.1. The van der Waals surface area contributed by atoms with Crippen molar-refractivity contribution in [2.75, 3.05) is 7.11 Å². The fourth-order valence-corrected chi connectivity index (χ4v) is 3.69. The Bertz CT molecular complexity index is 1400. The molecule has 0 aliphatic heterocycles. The molecule has 1 aromatic heterocycles. The maximum atomic E-state index is 13.4. The summed E-state index contributed by atoms with van der Waals surface area (Å²) < 4.78 is 7.75. The number of halogens is 1. The standard InChI is InChI=1S/C23H16IN3O4/c1-31-19-7-3-5-17(14-19)26-22(11-8-15-4-2-6-18(12-15)27(29)30)25-21-10-9-16(24)13-20(21)23(26)28/h2-14H,1H3/b11-8+. The number of nitrogens with zero attached hydrogens (tertiary/aromatic N) is 3. The number of aromatic nitrogens is 2. The minimum atomic E-state index is -0.445. The first kappa shape index (κ1) is 20.7. The normalized spacial score (nSPS) is 11.2. The van der Waals surface area contributed by atoms with E-state index in [4.69, 9.17) is 4.74 Å². The van der Waals surface area contributed by atoms with E-state index >= 15 is 0 Å². The molecule has 0 unspecified atom stereocenters. The Kier molecular flexibility index (Phi) is 5.81. The molecule has 0 aliphatic rings. The van der Waals surface area contributed by atoms with Gasteiger partial charge in [-0.15, -0.1) is 0 Å². The van der Waals surface area contributed by atoms with E-state index in [0.29, 0.717) is 33.7 Å². The largest absolute Gasteiger partial charge is 0.497 e. The molecular formula is C23H16IN3O4. The third kappa shape index (κ3) is 4.33. The van der Waals surface area contributed by atoms with Gasteiger partial charge in [-0.1, -0.05) is 24.3 Å². The number of benzene rings is 3. The lowest BCUT2D eigenvalue weighted by Gasteiger charge is -2.12. The van der Waals surface area contributed by atoms with Gasteiger partial charge in [0.2, 0.25) is 0 Å². The van der Waals surface area contributed by atoms with Crippen LogP contribution in [0.15, 0.2) is 71.5 Å². The van der Waals surface area contributed by atoms with Crippen molar-refractivity contribution in [3.8, 4) is 11.4 Å². The first-order chi connectivity index (χ1) is 15.0. The Balaban J connectivity index is 1.93. The number of nitro benzene ring substituents is 1. The number of methoxy groups -OCH3 is 1. The van der Waals surface area contributed by atoms with Crippen LogP contribution in [-0.2, 0) is 0 Å². The number of fused-ring (bicyclic) bond motifs is 1. The maximum Gasteiger partial charge on any atom is 0.270 e. The van der Waals surface area contributed by atoms with E-state index in [2.05, 4.69) is 27.6 Å². The predicted molar refractivity (Wildman–Crippen MR) is 129 cm³/mol. The zero-order valence-corrected chi connectivity index (χ0v) is 18.5. The Morgan fingerprint density at radius 3 is 2.65 bits per heavy atom. The first-order valence-electron chi connectivity index (χ1n) is 9.25. The molecule has 0 bridgehead atoms. The molecule has 31 heavy (non-hydrogen) atoms. The van der Waals surface area contributed by atoms with Crippen molar-refractivity contribution in [2.45, 2.75) is 0 Å². The smallest absolute Gasteiger partial charge is 0.270 e. The molecule has 0 saturated carbocycles. The Labute approximate surface area is 190 Å². The molecule has 0 fully saturated rings. The van der Waals surface area contributed by atoms with Crippen LogP contribution in [0.25, 0.3) is 28.7 Å². The average molecular weight is 525 g/mol. The van der Waals surface area contributed by atoms with Crippen LogP contribution in [0.3, 0.4) is 0 Å². The summed E-state index contributed by atoms with van der Waals surface area (Å²) in [5.74, 6) is 1.01. The summed E-state index contributed by atoms with van der Waals surface area (Å²) in [7, 11) is 1.56. The van der Waals surface area contributed by atoms with Crippen LogP contribution in [0.5, 0.6) is 5.75 Å². The van der Waals surface area contributed by atoms with Gasteiger partial charge in [0, 0.05) is 21.8 Å². The van der Waals surface area contributed by atoms with Gasteiger partial charge in [0.25, 0.3) is 11.2 Å². The molecule has 7 nitrogen and oxygen atoms in total. The molecule has 0 radical (unpaired) electrons. The van der Waals surface area contributed by atoms with E-state index in [1.54, 1.807) is 67.8 Å². The van der Waals surface area contributed by atoms with Gasteiger partial charge in [-0.2, -0.15) is 0 Å². The summed E-state index contributed by atoms with van der Waals surface area (Å²) in [5, 5.41) is 11.6. The second-order valence-electron chi connectivity index (χ2n) is 6.66. The van der Waals surface area contributed by atoms with Gasteiger partial charge in [-0.3, -0.25) is 19.5 Å². The second kappa shape index (κ2) is 8.68. The third-order valence-corrected chi connectivity index (χ3v) is 5.34. The minimum absolute atomic E-state index is 0.00613. The van der Waals surface area contributed by atoms with Crippen molar-refractivity contribution >= 4 is 51.3 Å². The molecule has 8 heteroatoms. The number of ether oxygens (including phenoxy) is 1. The molecule has 0 saturated heterocycles. The highest BCUT2D eigenvalue weighted by Crippen LogP contribution is 2.21. The summed E-state index contributed by atoms with van der Waals surface area (Å²) in [6.07, 6.45) is 3.38. The monoisotopic (exact) mass is 525 g/mol. The van der Waals surface area contributed by atoms with Crippen LogP contribution >= 0.6 is 22.6 Å². The van der Waals surface area contributed by atoms with Gasteiger partial charge in [-0.05, 0) is 64.6 Å². The van der Waals surface area contributed by atoms with Gasteiger partial charge < -0.3 is 4.74 Å². The van der Waals surface area contributed by atoms with Crippen molar-refractivity contribution in [2.24, 2.45) is 0 Å². The van der Waals surface area contributed by atoms with Crippen LogP contribution < -0.4 is 10.3 Å². The Hall–Kier alpha value is -3.53. The summed E-state index contributed by atoms with van der Waals surface area (Å²) in [5.41, 5.74) is 1.59. The van der Waals surface area contributed by atoms with Crippen LogP contribution in [-0.4, -0.2) is 21.6 Å². The molecule has 0 N–H and O–H groups in total. The van der Waals surface area contributed by atoms with Crippen molar-refractivity contribution in [3.05, 3.63) is 102 Å². The van der Waals surface area contributed by atoms with Gasteiger partial charge in [0.1, 0.15) is 11.6 Å². The molecular weight excluding hydrogens is 509 g/mol. The van der Waals surface area contributed by atoms with Crippen molar-refractivity contribution in [1.82, 2.24) is 9.55 Å². The lowest BCUT2D eigenvalue weighted by molar-refractivity contribution is -0.384. The lowest BCUT2D eigenvalue weighted by Crippen LogP contribution is -2.22. The number of rotatable bonds is 5. The van der Waals surface area contributed by atoms with E-state index in [1.807, 2.05) is 6.07 Å². The third-order valence-electron chi connectivity index (χ3n) is 4.67. The van der Waals surface area contributed by atoms with E-state index in [0.717, 1.165) is 3.57 Å². The molecule has 3 aromatic carbocycles. The summed E-state index contributed by atoms with van der Waals surface area (Å²) in [6.45, 7) is 0. The quantitative estimate of drug-likeness (QED) is 0.206. The predicted octanol–water partition coefficient (Wildman–Crippen LogP) is 5.08. The van der Waals surface area contributed by atoms with Gasteiger partial charge >= 0.3 is 0 Å². The molecule has 4 aromatic rings. The van der Waals surface area contributed by atoms with Crippen molar-refractivity contribution in [1.29, 1.82) is 0 Å². The van der Waals surface area contributed by atoms with E-state index < -0.39 is 4.92 Å². The summed E-state index contributed by atoms with van der Waals surface area (Å²) in [4.78, 5) is 28.7. The average Bonchev–Trinajstić information content (AvgIpc) is 2.78. The highest BCUT2D eigenvalue weighted by Gasteiger charge is 2.13. The number of hydrogen-bond acceptors (Lipinski definition) is 5. The maximum absolute atomic E-state index is 13.4.